The molecule has 0 aliphatic carbocycles. The number of aryl methyl sites for hydroxylation is 1. The van der Waals surface area contributed by atoms with Gasteiger partial charge in [-0.15, -0.1) is 6.42 Å². The first-order chi connectivity index (χ1) is 21.8. The molecule has 2 aromatic carbocycles. The van der Waals surface area contributed by atoms with Gasteiger partial charge in [0.25, 0.3) is 0 Å². The number of aromatic nitrogens is 4. The molecular weight excluding hydrogens is 634 g/mol. The second kappa shape index (κ2) is 13.2. The van der Waals surface area contributed by atoms with E-state index in [0.29, 0.717) is 22.9 Å². The number of alkyl halides is 1. The van der Waals surface area contributed by atoms with Crippen LogP contribution in [-0.4, -0.2) is 81.3 Å². The molecule has 3 heterocycles. The zero-order valence-electron chi connectivity index (χ0n) is 26.2. The van der Waals surface area contributed by atoms with Crippen molar-refractivity contribution in [1.29, 1.82) is 0 Å². The summed E-state index contributed by atoms with van der Waals surface area (Å²) in [6.07, 6.45) is 2.00. The number of ether oxygens (including phenoxy) is 2. The summed E-state index contributed by atoms with van der Waals surface area (Å²) in [5.74, 6) is 2.85. The summed E-state index contributed by atoms with van der Waals surface area (Å²) in [5.41, 5.74) is -2.02. The molecule has 0 spiro atoms. The van der Waals surface area contributed by atoms with Crippen LogP contribution in [0.3, 0.4) is 0 Å². The average molecular weight is 671 g/mol. The molecule has 4 aromatic rings. The molecule has 15 heteroatoms. The van der Waals surface area contributed by atoms with E-state index in [1.165, 1.54) is 10.9 Å². The maximum Gasteiger partial charge on any atom is 0.323 e. The number of carbonyl (C=O) groups excluding carboxylic acids is 1. The summed E-state index contributed by atoms with van der Waals surface area (Å²) < 4.78 is 41.6. The Labute approximate surface area is 271 Å². The molecule has 1 aliphatic heterocycles. The Kier molecular flexibility index (Phi) is 9.65. The third-order valence-electron chi connectivity index (χ3n) is 7.29. The fraction of sp³-hybridized carbons (Fsp3) is 0.419. The van der Waals surface area contributed by atoms with Crippen LogP contribution in [0, 0.1) is 19.3 Å². The molecule has 0 radical (unpaired) electrons. The predicted octanol–water partition coefficient (Wildman–Crippen LogP) is 4.20. The predicted molar refractivity (Wildman–Crippen MR) is 176 cm³/mol. The van der Waals surface area contributed by atoms with Crippen LogP contribution in [0.2, 0.25) is 0 Å². The lowest BCUT2D eigenvalue weighted by Gasteiger charge is -2.28. The van der Waals surface area contributed by atoms with E-state index in [0.717, 1.165) is 10.8 Å². The van der Waals surface area contributed by atoms with Crippen molar-refractivity contribution in [3.63, 3.8) is 0 Å². The lowest BCUT2D eigenvalue weighted by molar-refractivity contribution is -0.149. The number of halogens is 1. The van der Waals surface area contributed by atoms with Crippen LogP contribution in [0.1, 0.15) is 32.8 Å². The number of anilines is 1. The van der Waals surface area contributed by atoms with Gasteiger partial charge in [-0.3, -0.25) is 9.36 Å². The molecule has 2 aromatic heterocycles. The molecule has 2 N–H and O–H groups in total. The number of carbonyl (C=O) groups is 1. The van der Waals surface area contributed by atoms with Crippen molar-refractivity contribution in [1.82, 2.24) is 24.6 Å². The molecule has 0 saturated carbocycles. The van der Waals surface area contributed by atoms with Crippen molar-refractivity contribution in [3.8, 4) is 18.1 Å². The lowest BCUT2D eigenvalue weighted by Crippen LogP contribution is -2.42. The van der Waals surface area contributed by atoms with E-state index in [1.807, 2.05) is 30.3 Å². The van der Waals surface area contributed by atoms with Gasteiger partial charge in [0.15, 0.2) is 23.2 Å². The zero-order chi connectivity index (χ0) is 33.4. The molecule has 1 fully saturated rings. The van der Waals surface area contributed by atoms with Gasteiger partial charge >= 0.3 is 12.6 Å². The van der Waals surface area contributed by atoms with Crippen LogP contribution < -0.4 is 14.5 Å². The van der Waals surface area contributed by atoms with Crippen molar-refractivity contribution < 1.29 is 32.8 Å². The number of benzene rings is 2. The molecule has 1 saturated heterocycles. The number of nitrogens with zero attached hydrogens (tertiary/aromatic N) is 5. The summed E-state index contributed by atoms with van der Waals surface area (Å²) in [6, 6.07) is 12.0. The van der Waals surface area contributed by atoms with Crippen LogP contribution in [0.15, 0.2) is 48.8 Å². The van der Waals surface area contributed by atoms with Gasteiger partial charge in [-0.1, -0.05) is 42.3 Å². The molecular formula is C31H36FN6O6PS. The molecule has 0 bridgehead atoms. The SMILES string of the molecule is C#C[C@@]1(F)[C@H](O)[C@@H](CO[P@](=S)(N[C@@H](C)C(=O)OC(C)C)Oc2cccc3ccccc23)O[C@H]1n1cnc2c(N(C)C)nc(C)nc21. The number of rotatable bonds is 11. The highest BCUT2D eigenvalue weighted by Gasteiger charge is 2.58. The molecule has 244 valence electrons. The number of fused-ring (bicyclic) bond motifs is 2. The quantitative estimate of drug-likeness (QED) is 0.135. The van der Waals surface area contributed by atoms with E-state index in [4.69, 9.17) is 36.8 Å². The first kappa shape index (κ1) is 33.7. The summed E-state index contributed by atoms with van der Waals surface area (Å²) >= 11 is 5.88. The first-order valence-corrected chi connectivity index (χ1v) is 17.2. The highest BCUT2D eigenvalue weighted by atomic mass is 32.5. The van der Waals surface area contributed by atoms with E-state index < -0.39 is 49.4 Å². The number of hydrogen-bond acceptors (Lipinski definition) is 11. The second-order valence-electron chi connectivity index (χ2n) is 11.4. The standard InChI is InChI=1S/C31H36FN6O6PS/c1-8-31(32)26(39)24(43-30(31)38-17-33-25-27(37(6)7)34-20(5)35-28(25)38)16-41-45(46,36-19(4)29(40)42-18(2)3)44-23-15-11-13-21-12-9-10-14-22(21)23/h1,9-15,17-19,24,26,30,39H,16H2,2-7H3,(H,36,46)/t19-,24+,26+,30+,31+,45+/m0/s1. The van der Waals surface area contributed by atoms with Gasteiger partial charge in [0, 0.05) is 19.5 Å². The molecule has 0 unspecified atom stereocenters. The van der Waals surface area contributed by atoms with Gasteiger partial charge in [-0.05, 0) is 51.0 Å². The van der Waals surface area contributed by atoms with Gasteiger partial charge in [0.05, 0.1) is 19.0 Å². The number of aliphatic hydroxyl groups is 1. The van der Waals surface area contributed by atoms with E-state index in [9.17, 15) is 9.90 Å². The summed E-state index contributed by atoms with van der Waals surface area (Å²) in [5, 5.41) is 15.8. The van der Waals surface area contributed by atoms with Gasteiger partial charge < -0.3 is 28.5 Å². The molecule has 5 rings (SSSR count). The highest BCUT2D eigenvalue weighted by molar-refractivity contribution is 8.09. The maximum absolute atomic E-state index is 16.5. The number of esters is 1. The fourth-order valence-electron chi connectivity index (χ4n) is 5.09. The van der Waals surface area contributed by atoms with E-state index in [2.05, 4.69) is 26.0 Å². The van der Waals surface area contributed by atoms with Crippen molar-refractivity contribution in [3.05, 3.63) is 54.6 Å². The van der Waals surface area contributed by atoms with Crippen LogP contribution >= 0.6 is 6.64 Å². The molecule has 12 nitrogen and oxygen atoms in total. The Hall–Kier alpha value is -3.70. The lowest BCUT2D eigenvalue weighted by atomic mass is 9.97. The zero-order valence-corrected chi connectivity index (χ0v) is 28.0. The fourth-order valence-corrected chi connectivity index (χ4v) is 7.51. The minimum Gasteiger partial charge on any atom is -0.462 e. The van der Waals surface area contributed by atoms with Gasteiger partial charge in [-0.25, -0.2) is 24.4 Å². The Balaban J connectivity index is 1.45. The molecule has 0 amide bonds. The number of imidazole rings is 1. The van der Waals surface area contributed by atoms with Crippen LogP contribution in [0.5, 0.6) is 5.75 Å². The van der Waals surface area contributed by atoms with Gasteiger partial charge in [-0.2, -0.15) is 0 Å². The smallest absolute Gasteiger partial charge is 0.323 e. The summed E-state index contributed by atoms with van der Waals surface area (Å²) in [6.45, 7) is 2.69. The first-order valence-electron chi connectivity index (χ1n) is 14.5. The van der Waals surface area contributed by atoms with Crippen molar-refractivity contribution >= 4 is 52.2 Å². The summed E-state index contributed by atoms with van der Waals surface area (Å²) in [4.78, 5) is 27.7. The van der Waals surface area contributed by atoms with Crippen LogP contribution in [-0.2, 0) is 30.6 Å². The molecule has 46 heavy (non-hydrogen) atoms. The van der Waals surface area contributed by atoms with Crippen LogP contribution in [0.4, 0.5) is 10.2 Å². The highest BCUT2D eigenvalue weighted by Crippen LogP contribution is 2.49. The maximum atomic E-state index is 16.5. The number of aliphatic hydroxyl groups excluding tert-OH is 1. The normalized spacial score (nSPS) is 23.3. The Morgan fingerprint density at radius 1 is 1.26 bits per heavy atom. The van der Waals surface area contributed by atoms with E-state index in [-0.39, 0.29) is 11.8 Å². The third-order valence-corrected chi connectivity index (χ3v) is 9.78. The van der Waals surface area contributed by atoms with Gasteiger partial charge in [0.2, 0.25) is 5.67 Å². The van der Waals surface area contributed by atoms with Crippen molar-refractivity contribution in [2.75, 3.05) is 25.6 Å². The second-order valence-corrected chi connectivity index (χ2v) is 14.5. The molecule has 6 atom stereocenters. The minimum atomic E-state index is -3.60. The average Bonchev–Trinajstić information content (AvgIpc) is 3.53. The van der Waals surface area contributed by atoms with E-state index >= 15 is 4.39 Å². The number of nitrogens with one attached hydrogen (secondary N) is 1. The number of hydrogen-bond donors (Lipinski definition) is 2. The Morgan fingerprint density at radius 3 is 2.67 bits per heavy atom. The summed E-state index contributed by atoms with van der Waals surface area (Å²) in [7, 11) is 3.60. The Morgan fingerprint density at radius 2 is 1.98 bits per heavy atom. The van der Waals surface area contributed by atoms with Crippen LogP contribution in [0.25, 0.3) is 21.9 Å². The van der Waals surface area contributed by atoms with Crippen molar-refractivity contribution in [2.45, 2.75) is 63.9 Å². The third kappa shape index (κ3) is 6.57. The van der Waals surface area contributed by atoms with E-state index in [1.54, 1.807) is 58.8 Å². The van der Waals surface area contributed by atoms with Gasteiger partial charge in [0.1, 0.15) is 29.8 Å². The monoisotopic (exact) mass is 670 g/mol. The molecule has 1 aliphatic rings. The topological polar surface area (TPSA) is 133 Å². The van der Waals surface area contributed by atoms with Crippen molar-refractivity contribution in [2.24, 2.45) is 0 Å². The Bertz CT molecular complexity index is 1840. The minimum absolute atomic E-state index is 0.274. The largest absolute Gasteiger partial charge is 0.462 e. The number of terminal acetylenes is 1.